The smallest absolute Gasteiger partial charge is 0.124 e. The number of nitrogens with one attached hydrogen (secondary N) is 1. The van der Waals surface area contributed by atoms with Gasteiger partial charge in [-0.05, 0) is 71.5 Å². The van der Waals surface area contributed by atoms with Gasteiger partial charge in [0.05, 0.1) is 13.2 Å². The Labute approximate surface area is 148 Å². The second-order valence-corrected chi connectivity index (χ2v) is 6.99. The van der Waals surface area contributed by atoms with E-state index in [0.29, 0.717) is 0 Å². The van der Waals surface area contributed by atoms with Crippen molar-refractivity contribution in [2.24, 2.45) is 0 Å². The predicted octanol–water partition coefficient (Wildman–Crippen LogP) is 5.15. The van der Waals surface area contributed by atoms with E-state index in [-0.39, 0.29) is 6.04 Å². The van der Waals surface area contributed by atoms with Gasteiger partial charge in [0, 0.05) is 13.6 Å². The molecule has 2 aromatic rings. The van der Waals surface area contributed by atoms with Gasteiger partial charge < -0.3 is 10.1 Å². The van der Waals surface area contributed by atoms with E-state index in [2.05, 4.69) is 81.1 Å². The van der Waals surface area contributed by atoms with Gasteiger partial charge in [0.25, 0.3) is 0 Å². The second-order valence-electron chi connectivity index (χ2n) is 4.82. The van der Waals surface area contributed by atoms with E-state index < -0.39 is 0 Å². The fourth-order valence-corrected chi connectivity index (χ4v) is 3.02. The van der Waals surface area contributed by atoms with Crippen molar-refractivity contribution in [3.05, 3.63) is 61.6 Å². The molecule has 0 fully saturated rings. The number of rotatable bonds is 6. The van der Waals surface area contributed by atoms with Gasteiger partial charge in [0.1, 0.15) is 5.75 Å². The summed E-state index contributed by atoms with van der Waals surface area (Å²) >= 11 is 5.89. The average Bonchev–Trinajstić information content (AvgIpc) is 2.49. The zero-order chi connectivity index (χ0) is 15.2. The van der Waals surface area contributed by atoms with Gasteiger partial charge in [-0.2, -0.15) is 0 Å². The number of hydrogen-bond donors (Lipinski definition) is 1. The minimum atomic E-state index is 0.134. The highest BCUT2D eigenvalue weighted by molar-refractivity contribution is 14.1. The zero-order valence-electron chi connectivity index (χ0n) is 12.2. The third-order valence-electron chi connectivity index (χ3n) is 3.30. The summed E-state index contributed by atoms with van der Waals surface area (Å²) < 4.78 is 7.85. The highest BCUT2D eigenvalue weighted by atomic mass is 127. The van der Waals surface area contributed by atoms with Crippen LogP contribution >= 0.6 is 38.5 Å². The molecule has 0 amide bonds. The molecule has 112 valence electrons. The number of halogens is 2. The molecule has 0 saturated heterocycles. The molecule has 0 spiro atoms. The summed E-state index contributed by atoms with van der Waals surface area (Å²) in [4.78, 5) is 0. The van der Waals surface area contributed by atoms with E-state index in [1.165, 1.54) is 9.13 Å². The van der Waals surface area contributed by atoms with Crippen molar-refractivity contribution in [3.8, 4) is 5.75 Å². The van der Waals surface area contributed by atoms with Crippen LogP contribution in [0.3, 0.4) is 0 Å². The van der Waals surface area contributed by atoms with Crippen LogP contribution in [0.1, 0.15) is 30.5 Å². The molecule has 0 saturated carbocycles. The molecule has 1 atom stereocenters. The highest BCUT2D eigenvalue weighted by Crippen LogP contribution is 2.32. The third-order valence-corrected chi connectivity index (χ3v) is 4.52. The Kier molecular flexibility index (Phi) is 6.51. The Morgan fingerprint density at radius 3 is 2.52 bits per heavy atom. The first-order chi connectivity index (χ1) is 10.2. The van der Waals surface area contributed by atoms with Crippen LogP contribution in [-0.2, 0) is 0 Å². The molecule has 0 aliphatic heterocycles. The fraction of sp³-hybridized carbons (Fsp3) is 0.294. The SMILES string of the molecule is CCCNC(c1ccc(I)cc1)c1cc(Br)ccc1OC. The van der Waals surface area contributed by atoms with Crippen molar-refractivity contribution < 1.29 is 4.74 Å². The molecular weight excluding hydrogens is 441 g/mol. The van der Waals surface area contributed by atoms with E-state index in [4.69, 9.17) is 4.74 Å². The minimum absolute atomic E-state index is 0.134. The summed E-state index contributed by atoms with van der Waals surface area (Å²) in [6.07, 6.45) is 1.09. The quantitative estimate of drug-likeness (QED) is 0.603. The summed E-state index contributed by atoms with van der Waals surface area (Å²) in [5.74, 6) is 0.908. The van der Waals surface area contributed by atoms with Crippen molar-refractivity contribution in [2.75, 3.05) is 13.7 Å². The van der Waals surface area contributed by atoms with Crippen LogP contribution in [0.2, 0.25) is 0 Å². The molecule has 4 heteroatoms. The van der Waals surface area contributed by atoms with E-state index in [1.54, 1.807) is 7.11 Å². The molecule has 0 aromatic heterocycles. The monoisotopic (exact) mass is 459 g/mol. The Morgan fingerprint density at radius 2 is 1.90 bits per heavy atom. The molecule has 2 rings (SSSR count). The van der Waals surface area contributed by atoms with Crippen molar-refractivity contribution in [2.45, 2.75) is 19.4 Å². The van der Waals surface area contributed by atoms with Gasteiger partial charge in [-0.1, -0.05) is 35.0 Å². The maximum atomic E-state index is 5.54. The van der Waals surface area contributed by atoms with E-state index >= 15 is 0 Å². The Hall–Kier alpha value is -0.590. The number of methoxy groups -OCH3 is 1. The van der Waals surface area contributed by atoms with Gasteiger partial charge >= 0.3 is 0 Å². The number of ether oxygens (including phenoxy) is 1. The summed E-state index contributed by atoms with van der Waals surface area (Å²) in [7, 11) is 1.72. The maximum absolute atomic E-state index is 5.54. The molecule has 0 bridgehead atoms. The lowest BCUT2D eigenvalue weighted by Crippen LogP contribution is -2.23. The molecule has 1 N–H and O–H groups in total. The normalized spacial score (nSPS) is 12.2. The molecule has 0 radical (unpaired) electrons. The number of benzene rings is 2. The van der Waals surface area contributed by atoms with Crippen molar-refractivity contribution in [3.63, 3.8) is 0 Å². The second kappa shape index (κ2) is 8.15. The Balaban J connectivity index is 2.44. The Bertz CT molecular complexity index is 586. The molecule has 2 aromatic carbocycles. The van der Waals surface area contributed by atoms with Crippen LogP contribution in [0.4, 0.5) is 0 Å². The summed E-state index contributed by atoms with van der Waals surface area (Å²) in [6.45, 7) is 3.14. The molecule has 21 heavy (non-hydrogen) atoms. The third kappa shape index (κ3) is 4.44. The predicted molar refractivity (Wildman–Crippen MR) is 100.0 cm³/mol. The first-order valence-corrected chi connectivity index (χ1v) is 8.85. The average molecular weight is 460 g/mol. The van der Waals surface area contributed by atoms with Crippen LogP contribution in [0.15, 0.2) is 46.9 Å². The van der Waals surface area contributed by atoms with Gasteiger partial charge in [-0.25, -0.2) is 0 Å². The maximum Gasteiger partial charge on any atom is 0.124 e. The van der Waals surface area contributed by atoms with Gasteiger partial charge in [-0.15, -0.1) is 0 Å². The summed E-state index contributed by atoms with van der Waals surface area (Å²) in [6, 6.07) is 14.9. The van der Waals surface area contributed by atoms with Crippen LogP contribution in [-0.4, -0.2) is 13.7 Å². The fourth-order valence-electron chi connectivity index (χ4n) is 2.28. The molecule has 0 heterocycles. The lowest BCUT2D eigenvalue weighted by atomic mass is 9.97. The molecule has 1 unspecified atom stereocenters. The molecule has 2 nitrogen and oxygen atoms in total. The van der Waals surface area contributed by atoms with Crippen LogP contribution in [0, 0.1) is 3.57 Å². The van der Waals surface area contributed by atoms with Crippen molar-refractivity contribution >= 4 is 38.5 Å². The lowest BCUT2D eigenvalue weighted by Gasteiger charge is -2.22. The minimum Gasteiger partial charge on any atom is -0.496 e. The first kappa shape index (κ1) is 16.8. The zero-order valence-corrected chi connectivity index (χ0v) is 15.9. The van der Waals surface area contributed by atoms with E-state index in [9.17, 15) is 0 Å². The van der Waals surface area contributed by atoms with Crippen LogP contribution < -0.4 is 10.1 Å². The lowest BCUT2D eigenvalue weighted by molar-refractivity contribution is 0.403. The van der Waals surface area contributed by atoms with Crippen LogP contribution in [0.25, 0.3) is 0 Å². The largest absolute Gasteiger partial charge is 0.496 e. The topological polar surface area (TPSA) is 21.3 Å². The van der Waals surface area contributed by atoms with E-state index in [0.717, 1.165) is 28.8 Å². The van der Waals surface area contributed by atoms with Gasteiger partial charge in [0.15, 0.2) is 0 Å². The van der Waals surface area contributed by atoms with Gasteiger partial charge in [-0.3, -0.25) is 0 Å². The Morgan fingerprint density at radius 1 is 1.19 bits per heavy atom. The van der Waals surface area contributed by atoms with Crippen molar-refractivity contribution in [1.29, 1.82) is 0 Å². The standard InChI is InChI=1S/C17H19BrINO/c1-3-10-20-17(12-4-7-14(19)8-5-12)15-11-13(18)6-9-16(15)21-2/h4-9,11,17,20H,3,10H2,1-2H3. The van der Waals surface area contributed by atoms with Crippen LogP contribution in [0.5, 0.6) is 5.75 Å². The van der Waals surface area contributed by atoms with Gasteiger partial charge in [0.2, 0.25) is 0 Å². The van der Waals surface area contributed by atoms with Crippen molar-refractivity contribution in [1.82, 2.24) is 5.32 Å². The van der Waals surface area contributed by atoms with E-state index in [1.807, 2.05) is 12.1 Å². The molecular formula is C17H19BrINO. The highest BCUT2D eigenvalue weighted by Gasteiger charge is 2.18. The molecule has 0 aliphatic carbocycles. The molecule has 0 aliphatic rings. The number of hydrogen-bond acceptors (Lipinski definition) is 2. The summed E-state index contributed by atoms with van der Waals surface area (Å²) in [5.41, 5.74) is 2.40. The first-order valence-electron chi connectivity index (χ1n) is 6.98. The summed E-state index contributed by atoms with van der Waals surface area (Å²) in [5, 5.41) is 3.62.